The largest absolute Gasteiger partial charge is 3.00 e. The van der Waals surface area contributed by atoms with E-state index in [-0.39, 0.29) is 60.3 Å². The van der Waals surface area contributed by atoms with Crippen molar-refractivity contribution >= 4 is 149 Å². The van der Waals surface area contributed by atoms with Gasteiger partial charge >= 0.3 is 60.3 Å². The first-order chi connectivity index (χ1) is 67.0. The molecule has 708 valence electrons. The Bertz CT molecular complexity index is 7220. The van der Waals surface area contributed by atoms with Crippen molar-refractivity contribution in [2.24, 2.45) is 21.1 Å². The van der Waals surface area contributed by atoms with E-state index in [1.54, 1.807) is 0 Å². The summed E-state index contributed by atoms with van der Waals surface area (Å²) in [6, 6.07) is 116. The number of fused-ring (bicyclic) bond motifs is 21. The predicted octanol–water partition coefficient (Wildman–Crippen LogP) is 30.5. The third-order valence-corrected chi connectivity index (χ3v) is 26.7. The van der Waals surface area contributed by atoms with Crippen molar-refractivity contribution in [2.45, 2.75) is 119 Å². The van der Waals surface area contributed by atoms with E-state index in [1.807, 2.05) is 128 Å². The number of aryl methyl sites for hydroxylation is 3. The molecule has 18 heteroatoms. The van der Waals surface area contributed by atoms with Crippen LogP contribution in [0.1, 0.15) is 152 Å². The molecule has 0 saturated carbocycles. The fourth-order valence-corrected chi connectivity index (χ4v) is 20.0. The number of aromatic nitrogens is 9. The molecule has 141 heavy (non-hydrogen) atoms. The van der Waals surface area contributed by atoms with Gasteiger partial charge in [-0.3, -0.25) is 29.9 Å². The monoisotopic (exact) mass is 2380 g/mol. The van der Waals surface area contributed by atoms with Crippen molar-refractivity contribution in [1.29, 1.82) is 0 Å². The molecule has 0 N–H and O–H groups in total. The van der Waals surface area contributed by atoms with Gasteiger partial charge in [0.05, 0.1) is 11.0 Å². The Balaban J connectivity index is 0.000000124. The zero-order chi connectivity index (χ0) is 95.8. The molecular formula is C123H114Ir3N15. The van der Waals surface area contributed by atoms with Crippen molar-refractivity contribution in [3.63, 3.8) is 0 Å². The Kier molecular flexibility index (Phi) is 30.8. The normalized spacial score (nSPS) is 12.5. The molecule has 0 amide bonds. The molecular weight excluding hydrogens is 2260 g/mol. The van der Waals surface area contributed by atoms with E-state index in [0.717, 1.165) is 116 Å². The number of nitrogens with zero attached hydrogens (tertiary/aromatic N) is 15. The fraction of sp³-hybridized carbons (Fsp3) is 0.195. The second kappa shape index (κ2) is 43.3. The Labute approximate surface area is 870 Å². The standard InChI is InChI=1S/3C27H26N3.3C14H12N2.3Ir/c1-16(2)18-12-8-13-19(17(3)4)23(18)27-29-25-22-11-7-6-10-20(22)21-14-9-15-28-24(21)26(25)30(27)5;1-16(2)18-11-8-12-19(17(3)4)24(18)27-29-25-22-10-7-6-9-20(22)21-13-14-28-15-23(21)26(25)30(27)5;1-16(2)18-11-8-12-19(17(3)4)24(18)27-29-25-21-10-7-6-9-20(21)23-15-28-14-13-22(23)26(25)30(27)5;3*1-15-11-16(12-7-3-2-4-8-12)14-10-6-5-9-13(14)15;;;/h6-10,12-17H,1-5H3;2*6-9,11-17H,1-5H3;3*2-7,9-11H,1H3;;;/q3*-1;3*-2;3*+3. The summed E-state index contributed by atoms with van der Waals surface area (Å²) in [4.78, 5) is 42.2. The third kappa shape index (κ3) is 19.2. The van der Waals surface area contributed by atoms with Crippen LogP contribution in [-0.2, 0) is 81.5 Å². The Morgan fingerprint density at radius 1 is 0.241 bits per heavy atom. The average molecular weight is 2380 g/mol. The molecule has 0 spiro atoms. The molecule has 0 fully saturated rings. The van der Waals surface area contributed by atoms with Crippen molar-refractivity contribution in [1.82, 2.24) is 43.6 Å². The van der Waals surface area contributed by atoms with Gasteiger partial charge < -0.3 is 43.1 Å². The van der Waals surface area contributed by atoms with Gasteiger partial charge in [-0.05, 0) is 166 Å². The van der Waals surface area contributed by atoms with Gasteiger partial charge in [0.2, 0.25) is 0 Å². The minimum atomic E-state index is 0. The van der Waals surface area contributed by atoms with Crippen LogP contribution in [-0.4, -0.2) is 64.7 Å². The summed E-state index contributed by atoms with van der Waals surface area (Å²) >= 11 is 0. The summed E-state index contributed by atoms with van der Waals surface area (Å²) in [6.07, 6.45) is 9.53. The molecule has 6 aromatic heterocycles. The maximum Gasteiger partial charge on any atom is 3.00 e. The van der Waals surface area contributed by atoms with Gasteiger partial charge in [0.1, 0.15) is 17.5 Å². The second-order valence-electron chi connectivity index (χ2n) is 37.6. The molecule has 0 atom stereocenters. The molecule has 24 rings (SSSR count). The van der Waals surface area contributed by atoms with Crippen LogP contribution in [0.5, 0.6) is 0 Å². The summed E-state index contributed by atoms with van der Waals surface area (Å²) in [6.45, 7) is 33.3. The molecule has 0 saturated heterocycles. The first-order valence-corrected chi connectivity index (χ1v) is 47.8. The molecule has 15 aromatic carbocycles. The topological polar surface area (TPSA) is 112 Å². The van der Waals surface area contributed by atoms with Gasteiger partial charge in [0.15, 0.2) is 0 Å². The summed E-state index contributed by atoms with van der Waals surface area (Å²) < 4.78 is 6.76. The van der Waals surface area contributed by atoms with E-state index >= 15 is 0 Å². The van der Waals surface area contributed by atoms with Crippen LogP contribution in [0, 0.1) is 56.4 Å². The van der Waals surface area contributed by atoms with Gasteiger partial charge in [-0.2, -0.15) is 111 Å². The molecule has 3 aliphatic rings. The summed E-state index contributed by atoms with van der Waals surface area (Å²) in [5, 5.41) is 12.5. The molecule has 15 nitrogen and oxygen atoms in total. The van der Waals surface area contributed by atoms with Crippen molar-refractivity contribution in [3.05, 3.63) is 400 Å². The maximum atomic E-state index is 5.26. The van der Waals surface area contributed by atoms with E-state index < -0.39 is 0 Å². The zero-order valence-corrected chi connectivity index (χ0v) is 90.0. The van der Waals surface area contributed by atoms with Gasteiger partial charge in [0, 0.05) is 136 Å². The summed E-state index contributed by atoms with van der Waals surface area (Å²) in [7, 11) is 12.6. The second-order valence-corrected chi connectivity index (χ2v) is 37.6. The molecule has 0 radical (unpaired) electrons. The number of rotatable bonds is 12. The van der Waals surface area contributed by atoms with Gasteiger partial charge in [-0.1, -0.05) is 196 Å². The molecule has 3 aliphatic heterocycles. The molecule has 21 aromatic rings. The Hall–Kier alpha value is -13.5. The Morgan fingerprint density at radius 2 is 0.532 bits per heavy atom. The minimum absolute atomic E-state index is 0. The first-order valence-electron chi connectivity index (χ1n) is 47.8. The predicted molar refractivity (Wildman–Crippen MR) is 578 cm³/mol. The maximum absolute atomic E-state index is 5.26. The van der Waals surface area contributed by atoms with Crippen LogP contribution in [0.3, 0.4) is 0 Å². The van der Waals surface area contributed by atoms with E-state index in [1.165, 1.54) is 100 Å². The van der Waals surface area contributed by atoms with Crippen LogP contribution in [0.4, 0.5) is 51.2 Å². The molecule has 9 heterocycles. The quantitative estimate of drug-likeness (QED) is 0.0858. The van der Waals surface area contributed by atoms with Crippen LogP contribution in [0.2, 0.25) is 0 Å². The fourth-order valence-electron chi connectivity index (χ4n) is 20.0. The number of imidazole rings is 3. The number of pyridine rings is 3. The smallest absolute Gasteiger partial charge is 0.504 e. The summed E-state index contributed by atoms with van der Waals surface area (Å²) in [5.41, 5.74) is 29.6. The first kappa shape index (κ1) is 100. The van der Waals surface area contributed by atoms with Gasteiger partial charge in [-0.25, -0.2) is 0 Å². The molecule has 0 unspecified atom stereocenters. The van der Waals surface area contributed by atoms with E-state index in [0.29, 0.717) is 35.5 Å². The van der Waals surface area contributed by atoms with E-state index in [2.05, 4.69) is 417 Å². The number of benzene rings is 15. The third-order valence-electron chi connectivity index (χ3n) is 26.7. The van der Waals surface area contributed by atoms with Crippen LogP contribution < -0.4 is 29.4 Å². The van der Waals surface area contributed by atoms with Crippen molar-refractivity contribution < 1.29 is 60.3 Å². The van der Waals surface area contributed by atoms with Crippen LogP contribution in [0.15, 0.2) is 310 Å². The average Bonchev–Trinajstić information content (AvgIpc) is 1.57. The summed E-state index contributed by atoms with van der Waals surface area (Å²) in [5.74, 6) is 5.56. The molecule has 0 bridgehead atoms. The van der Waals surface area contributed by atoms with Crippen molar-refractivity contribution in [3.8, 4) is 34.2 Å². The number of para-hydroxylation sites is 9. The Morgan fingerprint density at radius 3 is 0.879 bits per heavy atom. The SMILES string of the molecule is CC(C)c1cccc(C(C)C)c1-c1nc2c3[c-]cccc3c3cccnc3c2n1C.CC(C)c1cccc(C(C)C)c1-c1nc2c3[c-]cccc3c3ccncc3c2n1C.CC(C)c1cccc(C(C)C)c1-c1nc2c3[c-]cccc3c3cnccc3c2n1C.CN1[CH-]N(c2[c-]cccc2)c2ccccc21.CN1[CH-]N(c2[c-]cccc2)c2ccccc21.CN1[CH-]N(c2[c-]cccc2)c2ccccc21.[Ir+3].[Ir+3].[Ir+3]. The van der Waals surface area contributed by atoms with Crippen molar-refractivity contribution in [2.75, 3.05) is 50.5 Å². The van der Waals surface area contributed by atoms with E-state index in [4.69, 9.17) is 19.9 Å². The zero-order valence-electron chi connectivity index (χ0n) is 82.8. The number of hydrogen-bond acceptors (Lipinski definition) is 12. The van der Waals surface area contributed by atoms with Crippen LogP contribution in [0.25, 0.3) is 132 Å². The van der Waals surface area contributed by atoms with E-state index in [9.17, 15) is 0 Å². The van der Waals surface area contributed by atoms with Gasteiger partial charge in [0.25, 0.3) is 0 Å². The number of hydrogen-bond donors (Lipinski definition) is 0. The van der Waals surface area contributed by atoms with Crippen LogP contribution >= 0.6 is 0 Å². The van der Waals surface area contributed by atoms with Gasteiger partial charge in [-0.15, -0.1) is 106 Å². The number of anilines is 9. The molecule has 0 aliphatic carbocycles. The minimum Gasteiger partial charge on any atom is -0.504 e.